The maximum absolute atomic E-state index is 12.4. The van der Waals surface area contributed by atoms with E-state index in [4.69, 9.17) is 4.42 Å². The van der Waals surface area contributed by atoms with Crippen molar-refractivity contribution >= 4 is 33.1 Å². The summed E-state index contributed by atoms with van der Waals surface area (Å²) in [5.41, 5.74) is 1.36. The first kappa shape index (κ1) is 16.5. The van der Waals surface area contributed by atoms with Crippen molar-refractivity contribution in [3.8, 4) is 0 Å². The number of benzene rings is 1. The Labute approximate surface area is 141 Å². The second kappa shape index (κ2) is 7.05. The van der Waals surface area contributed by atoms with Gasteiger partial charge in [0.25, 0.3) is 0 Å². The smallest absolute Gasteiger partial charge is 0.248 e. The molecule has 1 saturated heterocycles. The van der Waals surface area contributed by atoms with Gasteiger partial charge in [0.2, 0.25) is 5.91 Å². The molecule has 1 fully saturated rings. The van der Waals surface area contributed by atoms with E-state index < -0.39 is 9.73 Å². The SMILES string of the molecule is Cc1ccc(C=CC(=O)Nc2ccc(N=S3(=O)CCCC3)cc2)o1. The number of hydrogen-bond donors (Lipinski definition) is 1. The van der Waals surface area contributed by atoms with Crippen molar-refractivity contribution in [2.24, 2.45) is 4.36 Å². The van der Waals surface area contributed by atoms with Gasteiger partial charge >= 0.3 is 0 Å². The minimum atomic E-state index is -2.06. The molecule has 1 aromatic carbocycles. The Morgan fingerprint density at radius 3 is 2.50 bits per heavy atom. The number of carbonyl (C=O) groups is 1. The van der Waals surface area contributed by atoms with E-state index in [9.17, 15) is 9.00 Å². The van der Waals surface area contributed by atoms with Gasteiger partial charge in [0.05, 0.1) is 15.4 Å². The van der Waals surface area contributed by atoms with Gasteiger partial charge in [-0.25, -0.2) is 4.21 Å². The lowest BCUT2D eigenvalue weighted by Crippen LogP contribution is -2.07. The quantitative estimate of drug-likeness (QED) is 0.848. The first-order valence-corrected chi connectivity index (χ1v) is 9.76. The number of rotatable bonds is 4. The molecule has 5 nitrogen and oxygen atoms in total. The predicted molar refractivity (Wildman–Crippen MR) is 96.7 cm³/mol. The number of carbonyl (C=O) groups excluding carboxylic acids is 1. The highest BCUT2D eigenvalue weighted by atomic mass is 32.2. The van der Waals surface area contributed by atoms with Crippen molar-refractivity contribution in [3.63, 3.8) is 0 Å². The third kappa shape index (κ3) is 4.35. The minimum absolute atomic E-state index is 0.240. The monoisotopic (exact) mass is 344 g/mol. The third-order valence-corrected chi connectivity index (χ3v) is 6.14. The van der Waals surface area contributed by atoms with Gasteiger partial charge in [0, 0.05) is 23.3 Å². The van der Waals surface area contributed by atoms with Gasteiger partial charge in [-0.3, -0.25) is 4.79 Å². The van der Waals surface area contributed by atoms with Gasteiger partial charge in [-0.05, 0) is 62.2 Å². The maximum Gasteiger partial charge on any atom is 0.248 e. The van der Waals surface area contributed by atoms with E-state index in [1.807, 2.05) is 13.0 Å². The van der Waals surface area contributed by atoms with Crippen LogP contribution in [-0.4, -0.2) is 21.6 Å². The lowest BCUT2D eigenvalue weighted by Gasteiger charge is -2.04. The van der Waals surface area contributed by atoms with E-state index >= 15 is 0 Å². The zero-order chi connectivity index (χ0) is 17.0. The van der Waals surface area contributed by atoms with E-state index in [1.54, 1.807) is 36.4 Å². The molecule has 1 aliphatic heterocycles. The standard InChI is InChI=1S/C18H20N2O3S/c1-14-4-9-17(23-14)10-11-18(21)19-15-5-7-16(8-6-15)20-24(22)12-2-3-13-24/h4-11H,2-3,12-13H2,1H3,(H,19,21). The molecule has 1 amide bonds. The number of furan rings is 1. The first-order valence-electron chi connectivity index (χ1n) is 7.91. The number of hydrogen-bond acceptors (Lipinski definition) is 4. The van der Waals surface area contributed by atoms with Crippen LogP contribution in [0.25, 0.3) is 6.08 Å². The van der Waals surface area contributed by atoms with E-state index in [-0.39, 0.29) is 5.91 Å². The molecule has 1 aliphatic rings. The van der Waals surface area contributed by atoms with Gasteiger partial charge in [-0.1, -0.05) is 0 Å². The van der Waals surface area contributed by atoms with Crippen LogP contribution in [-0.2, 0) is 14.5 Å². The highest BCUT2D eigenvalue weighted by Crippen LogP contribution is 2.22. The summed E-state index contributed by atoms with van der Waals surface area (Å²) in [7, 11) is -2.06. The van der Waals surface area contributed by atoms with Crippen LogP contribution in [0.3, 0.4) is 0 Å². The number of amides is 1. The number of nitrogens with zero attached hydrogens (tertiary/aromatic N) is 1. The molecule has 0 saturated carbocycles. The van der Waals surface area contributed by atoms with Crippen molar-refractivity contribution in [2.45, 2.75) is 19.8 Å². The van der Waals surface area contributed by atoms with E-state index in [0.29, 0.717) is 28.6 Å². The van der Waals surface area contributed by atoms with Gasteiger partial charge in [0.15, 0.2) is 0 Å². The van der Waals surface area contributed by atoms with Gasteiger partial charge in [-0.2, -0.15) is 4.36 Å². The van der Waals surface area contributed by atoms with Crippen LogP contribution in [0.4, 0.5) is 11.4 Å². The highest BCUT2D eigenvalue weighted by Gasteiger charge is 2.16. The first-order chi connectivity index (χ1) is 11.5. The molecule has 0 spiro atoms. The average Bonchev–Trinajstić information content (AvgIpc) is 3.16. The molecular formula is C18H20N2O3S. The van der Waals surface area contributed by atoms with Crippen molar-refractivity contribution in [3.05, 3.63) is 54.0 Å². The maximum atomic E-state index is 12.4. The molecule has 6 heteroatoms. The third-order valence-electron chi connectivity index (χ3n) is 3.74. The summed E-state index contributed by atoms with van der Waals surface area (Å²) >= 11 is 0. The number of nitrogens with one attached hydrogen (secondary N) is 1. The molecule has 1 N–H and O–H groups in total. The van der Waals surface area contributed by atoms with Crippen LogP contribution in [0.1, 0.15) is 24.4 Å². The molecule has 0 unspecified atom stereocenters. The van der Waals surface area contributed by atoms with E-state index in [2.05, 4.69) is 9.68 Å². The Morgan fingerprint density at radius 2 is 1.88 bits per heavy atom. The van der Waals surface area contributed by atoms with Crippen LogP contribution >= 0.6 is 0 Å². The molecule has 0 atom stereocenters. The molecule has 0 aliphatic carbocycles. The summed E-state index contributed by atoms with van der Waals surface area (Å²) in [4.78, 5) is 11.9. The molecular weight excluding hydrogens is 324 g/mol. The molecule has 3 rings (SSSR count). The van der Waals surface area contributed by atoms with E-state index in [0.717, 1.165) is 18.6 Å². The van der Waals surface area contributed by atoms with E-state index in [1.165, 1.54) is 6.08 Å². The minimum Gasteiger partial charge on any atom is -0.462 e. The summed E-state index contributed by atoms with van der Waals surface area (Å²) in [6.07, 6.45) is 5.01. The molecule has 0 radical (unpaired) electrons. The average molecular weight is 344 g/mol. The second-order valence-electron chi connectivity index (χ2n) is 5.80. The summed E-state index contributed by atoms with van der Waals surface area (Å²) in [5.74, 6) is 2.56. The number of anilines is 1. The lowest BCUT2D eigenvalue weighted by molar-refractivity contribution is -0.111. The van der Waals surface area contributed by atoms with Crippen LogP contribution < -0.4 is 5.32 Å². The summed E-state index contributed by atoms with van der Waals surface area (Å²) in [6, 6.07) is 10.7. The van der Waals surface area contributed by atoms with Gasteiger partial charge < -0.3 is 9.73 Å². The van der Waals surface area contributed by atoms with Crippen molar-refractivity contribution in [1.29, 1.82) is 0 Å². The van der Waals surface area contributed by atoms with Crippen LogP contribution in [0, 0.1) is 6.92 Å². The Kier molecular flexibility index (Phi) is 4.85. The van der Waals surface area contributed by atoms with Crippen molar-refractivity contribution < 1.29 is 13.4 Å². The van der Waals surface area contributed by atoms with Crippen molar-refractivity contribution in [1.82, 2.24) is 0 Å². The zero-order valence-corrected chi connectivity index (χ0v) is 14.3. The highest BCUT2D eigenvalue weighted by molar-refractivity contribution is 7.93. The lowest BCUT2D eigenvalue weighted by atomic mass is 10.3. The second-order valence-corrected chi connectivity index (χ2v) is 8.34. The molecule has 2 heterocycles. The Hall–Kier alpha value is -2.34. The van der Waals surface area contributed by atoms with Crippen molar-refractivity contribution in [2.75, 3.05) is 16.8 Å². The summed E-state index contributed by atoms with van der Waals surface area (Å²) in [6.45, 7) is 1.85. The molecule has 2 aromatic rings. The summed E-state index contributed by atoms with van der Waals surface area (Å²) in [5, 5.41) is 2.77. The largest absolute Gasteiger partial charge is 0.462 e. The Morgan fingerprint density at radius 1 is 1.17 bits per heavy atom. The van der Waals surface area contributed by atoms with Gasteiger partial charge in [0.1, 0.15) is 11.5 Å². The molecule has 0 bridgehead atoms. The van der Waals surface area contributed by atoms with Crippen LogP contribution in [0.15, 0.2) is 51.3 Å². The molecule has 126 valence electrons. The van der Waals surface area contributed by atoms with Crippen LogP contribution in [0.2, 0.25) is 0 Å². The fraction of sp³-hybridized carbons (Fsp3) is 0.278. The molecule has 24 heavy (non-hydrogen) atoms. The fourth-order valence-electron chi connectivity index (χ4n) is 2.53. The molecule has 1 aromatic heterocycles. The fourth-order valence-corrected chi connectivity index (χ4v) is 4.73. The van der Waals surface area contributed by atoms with Gasteiger partial charge in [-0.15, -0.1) is 0 Å². The summed E-state index contributed by atoms with van der Waals surface area (Å²) < 4.78 is 22.1. The van der Waals surface area contributed by atoms with Crippen LogP contribution in [0.5, 0.6) is 0 Å². The number of aryl methyl sites for hydroxylation is 1. The normalized spacial score (nSPS) is 16.4. The zero-order valence-electron chi connectivity index (χ0n) is 13.5. The topological polar surface area (TPSA) is 71.7 Å². The Balaban J connectivity index is 1.62. The predicted octanol–water partition coefficient (Wildman–Crippen LogP) is 4.13. The Bertz CT molecular complexity index is 860.